The summed E-state index contributed by atoms with van der Waals surface area (Å²) in [7, 11) is 1.59. The van der Waals surface area contributed by atoms with Crippen molar-refractivity contribution in [3.63, 3.8) is 0 Å². The first-order valence-electron chi connectivity index (χ1n) is 12.6. The maximum Gasteiger partial charge on any atom is 0.279 e. The van der Waals surface area contributed by atoms with Crippen molar-refractivity contribution in [1.82, 2.24) is 15.3 Å². The van der Waals surface area contributed by atoms with Crippen LogP contribution in [0.1, 0.15) is 79.5 Å². The van der Waals surface area contributed by atoms with Crippen LogP contribution >= 0.6 is 0 Å². The van der Waals surface area contributed by atoms with Crippen molar-refractivity contribution in [2.75, 3.05) is 12.0 Å². The second-order valence-electron chi connectivity index (χ2n) is 9.53. The molecule has 1 atom stereocenters. The van der Waals surface area contributed by atoms with Crippen LogP contribution in [0.15, 0.2) is 67.1 Å². The van der Waals surface area contributed by atoms with Gasteiger partial charge in [0.1, 0.15) is 17.5 Å². The van der Waals surface area contributed by atoms with Crippen LogP contribution in [0, 0.1) is 0 Å². The predicted octanol–water partition coefficient (Wildman–Crippen LogP) is 5.45. The lowest BCUT2D eigenvalue weighted by Crippen LogP contribution is -2.47. The fourth-order valence-corrected chi connectivity index (χ4v) is 4.67. The Labute approximate surface area is 212 Å². The standard InChI is InChI=1S/C29H34N4O3/c1-20(2)21-9-11-22(12-10-21)27(28(34)32-23-7-5-4-6-8-23)33(24-13-15-25(36-3)16-14-24)29(35)26-19-30-17-18-31-26/h9-20,23,27H,4-8H2,1-3H3,(H,32,34)/t27-/m0/s1. The highest BCUT2D eigenvalue weighted by Crippen LogP contribution is 2.32. The first-order chi connectivity index (χ1) is 17.5. The first kappa shape index (κ1) is 25.4. The van der Waals surface area contributed by atoms with Gasteiger partial charge in [-0.1, -0.05) is 57.4 Å². The van der Waals surface area contributed by atoms with Gasteiger partial charge in [0.2, 0.25) is 5.91 Å². The molecule has 1 N–H and O–H groups in total. The molecular weight excluding hydrogens is 452 g/mol. The molecule has 0 radical (unpaired) electrons. The van der Waals surface area contributed by atoms with Gasteiger partial charge in [-0.25, -0.2) is 4.98 Å². The summed E-state index contributed by atoms with van der Waals surface area (Å²) in [4.78, 5) is 37.7. The molecule has 1 aromatic heterocycles. The molecule has 0 spiro atoms. The molecule has 1 heterocycles. The molecular formula is C29H34N4O3. The fourth-order valence-electron chi connectivity index (χ4n) is 4.67. The third-order valence-electron chi connectivity index (χ3n) is 6.73. The number of nitrogens with zero attached hydrogens (tertiary/aromatic N) is 3. The maximum absolute atomic E-state index is 13.9. The van der Waals surface area contributed by atoms with Gasteiger partial charge in [0.15, 0.2) is 0 Å². The zero-order valence-corrected chi connectivity index (χ0v) is 21.2. The molecule has 188 valence electrons. The molecule has 1 aliphatic carbocycles. The monoisotopic (exact) mass is 486 g/mol. The summed E-state index contributed by atoms with van der Waals surface area (Å²) >= 11 is 0. The molecule has 1 saturated carbocycles. The second kappa shape index (κ2) is 11.8. The smallest absolute Gasteiger partial charge is 0.279 e. The van der Waals surface area contributed by atoms with E-state index in [0.717, 1.165) is 31.2 Å². The number of rotatable bonds is 8. The van der Waals surface area contributed by atoms with Gasteiger partial charge in [-0.05, 0) is 54.2 Å². The molecule has 0 bridgehead atoms. The molecule has 3 aromatic rings. The third kappa shape index (κ3) is 5.90. The highest BCUT2D eigenvalue weighted by molar-refractivity contribution is 6.09. The summed E-state index contributed by atoms with van der Waals surface area (Å²) < 4.78 is 5.32. The SMILES string of the molecule is COc1ccc(N(C(=O)c2cnccn2)[C@H](C(=O)NC2CCCCC2)c2ccc(C(C)C)cc2)cc1. The fraction of sp³-hybridized carbons (Fsp3) is 0.379. The van der Waals surface area contributed by atoms with Crippen LogP contribution in [0.25, 0.3) is 0 Å². The number of nitrogens with one attached hydrogen (secondary N) is 1. The Morgan fingerprint density at radius 1 is 0.944 bits per heavy atom. The molecule has 1 fully saturated rings. The third-order valence-corrected chi connectivity index (χ3v) is 6.73. The van der Waals surface area contributed by atoms with Crippen LogP contribution in [-0.2, 0) is 4.79 Å². The minimum Gasteiger partial charge on any atom is -0.497 e. The summed E-state index contributed by atoms with van der Waals surface area (Å²) in [6.07, 6.45) is 9.71. The number of hydrogen-bond donors (Lipinski definition) is 1. The van der Waals surface area contributed by atoms with Gasteiger partial charge in [0, 0.05) is 24.1 Å². The van der Waals surface area contributed by atoms with Crippen LogP contribution in [0.3, 0.4) is 0 Å². The van der Waals surface area contributed by atoms with Gasteiger partial charge in [-0.2, -0.15) is 0 Å². The summed E-state index contributed by atoms with van der Waals surface area (Å²) in [5.74, 6) is 0.417. The predicted molar refractivity (Wildman–Crippen MR) is 140 cm³/mol. The minimum absolute atomic E-state index is 0.105. The Morgan fingerprint density at radius 3 is 2.19 bits per heavy atom. The molecule has 7 heteroatoms. The van der Waals surface area contributed by atoms with Crippen molar-refractivity contribution < 1.29 is 14.3 Å². The molecule has 4 rings (SSSR count). The van der Waals surface area contributed by atoms with E-state index in [0.29, 0.717) is 17.4 Å². The highest BCUT2D eigenvalue weighted by atomic mass is 16.5. The van der Waals surface area contributed by atoms with Crippen LogP contribution < -0.4 is 15.0 Å². The number of carbonyl (C=O) groups excluding carboxylic acids is 2. The number of aromatic nitrogens is 2. The van der Waals surface area contributed by atoms with E-state index in [4.69, 9.17) is 4.74 Å². The molecule has 36 heavy (non-hydrogen) atoms. The molecule has 0 aliphatic heterocycles. The zero-order valence-electron chi connectivity index (χ0n) is 21.2. The molecule has 7 nitrogen and oxygen atoms in total. The van der Waals surface area contributed by atoms with Crippen molar-refractivity contribution in [2.45, 2.75) is 64.0 Å². The quantitative estimate of drug-likeness (QED) is 0.458. The Kier molecular flexibility index (Phi) is 8.31. The van der Waals surface area contributed by atoms with Gasteiger partial charge in [0.05, 0.1) is 13.3 Å². The van der Waals surface area contributed by atoms with Crippen molar-refractivity contribution in [1.29, 1.82) is 0 Å². The largest absolute Gasteiger partial charge is 0.497 e. The number of ether oxygens (including phenoxy) is 1. The van der Waals surface area contributed by atoms with Crippen LogP contribution in [0.4, 0.5) is 5.69 Å². The van der Waals surface area contributed by atoms with Crippen molar-refractivity contribution in [3.05, 3.63) is 83.9 Å². The molecule has 1 aliphatic rings. The first-order valence-corrected chi connectivity index (χ1v) is 12.6. The number of methoxy groups -OCH3 is 1. The maximum atomic E-state index is 13.9. The number of benzene rings is 2. The highest BCUT2D eigenvalue weighted by Gasteiger charge is 2.35. The van der Waals surface area contributed by atoms with E-state index in [2.05, 4.69) is 29.1 Å². The summed E-state index contributed by atoms with van der Waals surface area (Å²) in [6, 6.07) is 14.3. The van der Waals surface area contributed by atoms with E-state index in [-0.39, 0.29) is 17.6 Å². The van der Waals surface area contributed by atoms with E-state index in [9.17, 15) is 9.59 Å². The topological polar surface area (TPSA) is 84.4 Å². The summed E-state index contributed by atoms with van der Waals surface area (Å²) in [5, 5.41) is 3.24. The van der Waals surface area contributed by atoms with E-state index in [1.54, 1.807) is 31.4 Å². The van der Waals surface area contributed by atoms with Crippen LogP contribution in [0.5, 0.6) is 5.75 Å². The average Bonchev–Trinajstić information content (AvgIpc) is 2.92. The Balaban J connectivity index is 1.80. The molecule has 2 amide bonds. The van der Waals surface area contributed by atoms with Crippen molar-refractivity contribution in [2.24, 2.45) is 0 Å². The van der Waals surface area contributed by atoms with Crippen LogP contribution in [0.2, 0.25) is 0 Å². The normalized spacial score (nSPS) is 14.8. The van der Waals surface area contributed by atoms with Gasteiger partial charge < -0.3 is 10.1 Å². The molecule has 2 aromatic carbocycles. The van der Waals surface area contributed by atoms with Gasteiger partial charge in [0.25, 0.3) is 5.91 Å². The Morgan fingerprint density at radius 2 is 1.61 bits per heavy atom. The summed E-state index contributed by atoms with van der Waals surface area (Å²) in [5.41, 5.74) is 2.65. The van der Waals surface area contributed by atoms with Gasteiger partial charge in [-0.3, -0.25) is 19.5 Å². The van der Waals surface area contributed by atoms with E-state index < -0.39 is 11.9 Å². The number of amides is 2. The van der Waals surface area contributed by atoms with Crippen molar-refractivity contribution in [3.8, 4) is 5.75 Å². The minimum atomic E-state index is -0.879. The lowest BCUT2D eigenvalue weighted by molar-refractivity contribution is -0.123. The number of hydrogen-bond acceptors (Lipinski definition) is 5. The lowest BCUT2D eigenvalue weighted by atomic mass is 9.94. The number of anilines is 1. The molecule has 0 saturated heterocycles. The Hall–Kier alpha value is -3.74. The van der Waals surface area contributed by atoms with Gasteiger partial charge in [-0.15, -0.1) is 0 Å². The summed E-state index contributed by atoms with van der Waals surface area (Å²) in [6.45, 7) is 4.26. The average molecular weight is 487 g/mol. The van der Waals surface area contributed by atoms with E-state index in [1.807, 2.05) is 24.3 Å². The van der Waals surface area contributed by atoms with E-state index in [1.165, 1.54) is 35.5 Å². The second-order valence-corrected chi connectivity index (χ2v) is 9.53. The zero-order chi connectivity index (χ0) is 25.5. The Bertz CT molecular complexity index is 1140. The van der Waals surface area contributed by atoms with Gasteiger partial charge >= 0.3 is 0 Å². The molecule has 0 unspecified atom stereocenters. The number of carbonyl (C=O) groups is 2. The van der Waals surface area contributed by atoms with Crippen molar-refractivity contribution >= 4 is 17.5 Å². The van der Waals surface area contributed by atoms with E-state index >= 15 is 0 Å². The van der Waals surface area contributed by atoms with Crippen LogP contribution in [-0.4, -0.2) is 34.9 Å². The lowest BCUT2D eigenvalue weighted by Gasteiger charge is -2.33.